The fourth-order valence-corrected chi connectivity index (χ4v) is 3.20. The monoisotopic (exact) mass is 334 g/mol. The number of hydrogen-bond donors (Lipinski definition) is 0. The van der Waals surface area contributed by atoms with Gasteiger partial charge in [-0.1, -0.05) is 23.4 Å². The Balaban J connectivity index is 1.43. The van der Waals surface area contributed by atoms with Crippen molar-refractivity contribution in [2.45, 2.75) is 5.37 Å². The zero-order valence-corrected chi connectivity index (χ0v) is 12.9. The second kappa shape index (κ2) is 5.62. The van der Waals surface area contributed by atoms with Gasteiger partial charge in [0.05, 0.1) is 6.26 Å². The third-order valence-electron chi connectivity index (χ3n) is 3.15. The molecule has 4 rings (SSSR count). The fraction of sp³-hybridized carbons (Fsp3) is 0.133. The summed E-state index contributed by atoms with van der Waals surface area (Å²) in [5, 5.41) is 8.81. The van der Waals surface area contributed by atoms with Crippen LogP contribution in [0.3, 0.4) is 0 Å². The van der Waals surface area contributed by atoms with Crippen molar-refractivity contribution in [3.8, 4) is 5.75 Å². The highest BCUT2D eigenvalue weighted by atomic mass is 35.5. The Bertz CT molecular complexity index is 728. The van der Waals surface area contributed by atoms with Crippen LogP contribution in [0.2, 0.25) is 5.02 Å². The molecule has 0 amide bonds. The van der Waals surface area contributed by atoms with E-state index in [1.165, 1.54) is 0 Å². The third kappa shape index (κ3) is 2.55. The maximum atomic E-state index is 5.84. The van der Waals surface area contributed by atoms with E-state index < -0.39 is 0 Å². The van der Waals surface area contributed by atoms with E-state index in [2.05, 4.69) is 5.10 Å². The molecule has 2 aliphatic heterocycles. The third-order valence-corrected chi connectivity index (χ3v) is 4.43. The highest BCUT2D eigenvalue weighted by Crippen LogP contribution is 2.45. The minimum atomic E-state index is -0.0296. The smallest absolute Gasteiger partial charge is 0.252 e. The molecule has 22 heavy (non-hydrogen) atoms. The number of hydrazone groups is 1. The molecular weight excluding hydrogens is 324 g/mol. The van der Waals surface area contributed by atoms with Gasteiger partial charge in [0.25, 0.3) is 5.90 Å². The molecule has 3 heterocycles. The quantitative estimate of drug-likeness (QED) is 0.838. The van der Waals surface area contributed by atoms with Gasteiger partial charge in [0.2, 0.25) is 5.88 Å². The summed E-state index contributed by atoms with van der Waals surface area (Å²) in [4.78, 5) is 0. The second-order valence-electron chi connectivity index (χ2n) is 4.64. The molecule has 112 valence electrons. The highest BCUT2D eigenvalue weighted by molar-refractivity contribution is 8.02. The molecule has 1 aromatic heterocycles. The van der Waals surface area contributed by atoms with Crippen LogP contribution in [0.1, 0.15) is 11.1 Å². The topological polar surface area (TPSA) is 47.2 Å². The lowest BCUT2D eigenvalue weighted by atomic mass is 10.3. The van der Waals surface area contributed by atoms with Crippen molar-refractivity contribution in [3.05, 3.63) is 64.7 Å². The van der Waals surface area contributed by atoms with Crippen molar-refractivity contribution < 1.29 is 13.9 Å². The second-order valence-corrected chi connectivity index (χ2v) is 6.03. The summed E-state index contributed by atoms with van der Waals surface area (Å²) in [6.07, 6.45) is 1.65. The predicted octanol–water partition coefficient (Wildman–Crippen LogP) is 4.20. The number of furan rings is 1. The molecule has 2 aromatic rings. The van der Waals surface area contributed by atoms with Gasteiger partial charge < -0.3 is 13.9 Å². The molecule has 0 aliphatic carbocycles. The first-order chi connectivity index (χ1) is 10.8. The molecule has 1 atom stereocenters. The van der Waals surface area contributed by atoms with Crippen molar-refractivity contribution in [2.75, 3.05) is 6.61 Å². The molecule has 0 saturated heterocycles. The summed E-state index contributed by atoms with van der Waals surface area (Å²) in [5.41, 5.74) is 0. The first-order valence-electron chi connectivity index (χ1n) is 6.61. The summed E-state index contributed by atoms with van der Waals surface area (Å²) in [7, 11) is 0. The van der Waals surface area contributed by atoms with Crippen LogP contribution in [0.4, 0.5) is 0 Å². The Hall–Kier alpha value is -2.05. The van der Waals surface area contributed by atoms with Gasteiger partial charge in [-0.3, -0.25) is 0 Å². The van der Waals surface area contributed by atoms with Crippen LogP contribution >= 0.6 is 23.4 Å². The lowest BCUT2D eigenvalue weighted by Gasteiger charge is -2.14. The zero-order chi connectivity index (χ0) is 14.9. The number of hydrogen-bond acceptors (Lipinski definition) is 6. The maximum absolute atomic E-state index is 5.84. The Kier molecular flexibility index (Phi) is 3.48. The first-order valence-corrected chi connectivity index (χ1v) is 7.94. The van der Waals surface area contributed by atoms with Gasteiger partial charge in [-0.15, -0.1) is 5.10 Å². The van der Waals surface area contributed by atoms with Crippen molar-refractivity contribution >= 4 is 29.3 Å². The van der Waals surface area contributed by atoms with Crippen LogP contribution in [0.5, 0.6) is 5.75 Å². The number of rotatable bonds is 4. The van der Waals surface area contributed by atoms with Crippen molar-refractivity contribution in [2.24, 2.45) is 5.10 Å². The molecular formula is C15H11ClN2O3S. The number of fused-ring (bicyclic) bond motifs is 1. The summed E-state index contributed by atoms with van der Waals surface area (Å²) in [6, 6.07) is 10.9. The van der Waals surface area contributed by atoms with Gasteiger partial charge in [0.1, 0.15) is 11.5 Å². The summed E-state index contributed by atoms with van der Waals surface area (Å²) in [5.74, 6) is 2.76. The Morgan fingerprint density at radius 3 is 2.91 bits per heavy atom. The van der Waals surface area contributed by atoms with Crippen molar-refractivity contribution in [1.82, 2.24) is 5.01 Å². The van der Waals surface area contributed by atoms with E-state index >= 15 is 0 Å². The molecule has 1 aromatic carbocycles. The number of nitrogens with zero attached hydrogens (tertiary/aromatic N) is 2. The SMILES string of the molecule is Clc1ccc(OCC2=NN3C(=CSC3c3ccco3)O2)cc1. The van der Waals surface area contributed by atoms with E-state index in [0.29, 0.717) is 22.6 Å². The largest absolute Gasteiger partial charge is 0.484 e. The maximum Gasteiger partial charge on any atom is 0.252 e. The van der Waals surface area contributed by atoms with Gasteiger partial charge in [-0.2, -0.15) is 0 Å². The molecule has 7 heteroatoms. The molecule has 0 N–H and O–H groups in total. The van der Waals surface area contributed by atoms with E-state index in [-0.39, 0.29) is 12.0 Å². The fourth-order valence-electron chi connectivity index (χ4n) is 2.14. The van der Waals surface area contributed by atoms with Crippen LogP contribution < -0.4 is 4.74 Å². The molecule has 0 saturated carbocycles. The van der Waals surface area contributed by atoms with Gasteiger partial charge in [-0.25, -0.2) is 5.01 Å². The van der Waals surface area contributed by atoms with Crippen molar-refractivity contribution in [3.63, 3.8) is 0 Å². The highest BCUT2D eigenvalue weighted by Gasteiger charge is 2.37. The van der Waals surface area contributed by atoms with Gasteiger partial charge in [0, 0.05) is 10.4 Å². The summed E-state index contributed by atoms with van der Waals surface area (Å²) < 4.78 is 16.8. The Labute approximate surface area is 136 Å². The van der Waals surface area contributed by atoms with E-state index in [0.717, 1.165) is 5.76 Å². The van der Waals surface area contributed by atoms with Crippen LogP contribution in [0, 0.1) is 0 Å². The number of thioether (sulfide) groups is 1. The van der Waals surface area contributed by atoms with Crippen LogP contribution in [0.15, 0.2) is 63.5 Å². The lowest BCUT2D eigenvalue weighted by molar-refractivity contribution is 0.241. The molecule has 0 bridgehead atoms. The van der Waals surface area contributed by atoms with Crippen LogP contribution in [-0.4, -0.2) is 17.5 Å². The van der Waals surface area contributed by atoms with Gasteiger partial charge in [0.15, 0.2) is 12.0 Å². The zero-order valence-electron chi connectivity index (χ0n) is 11.3. The molecule has 0 fully saturated rings. The van der Waals surface area contributed by atoms with Crippen molar-refractivity contribution in [1.29, 1.82) is 0 Å². The summed E-state index contributed by atoms with van der Waals surface area (Å²) in [6.45, 7) is 0.255. The Morgan fingerprint density at radius 2 is 2.14 bits per heavy atom. The van der Waals surface area contributed by atoms with E-state index in [9.17, 15) is 0 Å². The standard InChI is InChI=1S/C15H11ClN2O3S/c16-10-3-5-11(6-4-10)20-8-13-17-18-14(21-13)9-22-15(18)12-2-1-7-19-12/h1-7,9,15H,8H2. The number of ether oxygens (including phenoxy) is 2. The minimum Gasteiger partial charge on any atom is -0.484 e. The lowest BCUT2D eigenvalue weighted by Crippen LogP contribution is -2.12. The molecule has 1 unspecified atom stereocenters. The predicted molar refractivity (Wildman–Crippen MR) is 84.4 cm³/mol. The molecule has 2 aliphatic rings. The number of halogens is 1. The average Bonchev–Trinajstić information content (AvgIpc) is 3.22. The minimum absolute atomic E-state index is 0.0296. The summed E-state index contributed by atoms with van der Waals surface area (Å²) >= 11 is 7.43. The Morgan fingerprint density at radius 1 is 1.27 bits per heavy atom. The van der Waals surface area contributed by atoms with Crippen LogP contribution in [-0.2, 0) is 4.74 Å². The molecule has 0 spiro atoms. The average molecular weight is 335 g/mol. The molecule has 0 radical (unpaired) electrons. The van der Waals surface area contributed by atoms with E-state index in [4.69, 9.17) is 25.5 Å². The first kappa shape index (κ1) is 13.6. The number of benzene rings is 1. The van der Waals surface area contributed by atoms with Crippen LogP contribution in [0.25, 0.3) is 0 Å². The van der Waals surface area contributed by atoms with Gasteiger partial charge in [-0.05, 0) is 36.4 Å². The van der Waals surface area contributed by atoms with E-state index in [1.807, 2.05) is 17.5 Å². The van der Waals surface area contributed by atoms with E-state index in [1.54, 1.807) is 47.3 Å². The molecule has 5 nitrogen and oxygen atoms in total. The van der Waals surface area contributed by atoms with Gasteiger partial charge >= 0.3 is 0 Å². The normalized spacial score (nSPS) is 19.5.